The first-order valence-electron chi connectivity index (χ1n) is 11.2. The van der Waals surface area contributed by atoms with Gasteiger partial charge in [-0.25, -0.2) is 13.2 Å². The predicted octanol–water partition coefficient (Wildman–Crippen LogP) is 4.25. The van der Waals surface area contributed by atoms with E-state index < -0.39 is 22.6 Å². The quantitative estimate of drug-likeness (QED) is 0.282. The first-order chi connectivity index (χ1) is 16.9. The lowest BCUT2D eigenvalue weighted by Gasteiger charge is -2.18. The Hall–Kier alpha value is -3.98. The summed E-state index contributed by atoms with van der Waals surface area (Å²) >= 11 is 0. The molecule has 5 rings (SSSR count). The normalized spacial score (nSPS) is 13.1. The highest BCUT2D eigenvalue weighted by Gasteiger charge is 2.28. The molecule has 178 valence electrons. The standard InChI is InChI=1S/C26H22N2O6S/c1-2-35(31,32)28-13-12-18-14-19(9-11-23(18)28)24(29)16-33-26(30)20-8-10-22-21(15-20)25(34-27-22)17-6-4-3-5-7-17/h3-11,14-15H,2,12-13,16H2,1H3. The number of nitrogens with zero attached hydrogens (tertiary/aromatic N) is 2. The van der Waals surface area contributed by atoms with Gasteiger partial charge in [0.25, 0.3) is 0 Å². The first kappa shape index (κ1) is 22.8. The summed E-state index contributed by atoms with van der Waals surface area (Å²) in [6.07, 6.45) is 0.526. The van der Waals surface area contributed by atoms with Crippen molar-refractivity contribution in [3.8, 4) is 11.3 Å². The highest BCUT2D eigenvalue weighted by molar-refractivity contribution is 7.92. The monoisotopic (exact) mass is 490 g/mol. The molecule has 2 heterocycles. The van der Waals surface area contributed by atoms with Crippen LogP contribution in [0.3, 0.4) is 0 Å². The molecule has 0 saturated carbocycles. The zero-order chi connectivity index (χ0) is 24.6. The molecule has 4 aromatic rings. The Kier molecular flexibility index (Phi) is 5.86. The van der Waals surface area contributed by atoms with E-state index in [-0.39, 0.29) is 17.1 Å². The fourth-order valence-electron chi connectivity index (χ4n) is 4.15. The van der Waals surface area contributed by atoms with Crippen molar-refractivity contribution in [3.63, 3.8) is 0 Å². The number of hydrogen-bond donors (Lipinski definition) is 0. The average Bonchev–Trinajstić information content (AvgIpc) is 3.51. The molecule has 1 aliphatic rings. The number of Topliss-reactive ketones (excluding diaryl/α,β-unsaturated/α-hetero) is 1. The molecule has 0 amide bonds. The molecule has 0 N–H and O–H groups in total. The Labute approximate surface area is 202 Å². The van der Waals surface area contributed by atoms with Crippen LogP contribution in [0.4, 0.5) is 5.69 Å². The van der Waals surface area contributed by atoms with Gasteiger partial charge in [0, 0.05) is 17.7 Å². The number of esters is 1. The van der Waals surface area contributed by atoms with Crippen molar-refractivity contribution in [3.05, 3.63) is 83.4 Å². The van der Waals surface area contributed by atoms with Crippen molar-refractivity contribution in [2.45, 2.75) is 13.3 Å². The lowest BCUT2D eigenvalue weighted by Crippen LogP contribution is -2.30. The number of carbonyl (C=O) groups excluding carboxylic acids is 2. The number of carbonyl (C=O) groups is 2. The maximum Gasteiger partial charge on any atom is 0.338 e. The number of fused-ring (bicyclic) bond motifs is 2. The second-order valence-electron chi connectivity index (χ2n) is 8.18. The van der Waals surface area contributed by atoms with Crippen LogP contribution in [0.2, 0.25) is 0 Å². The van der Waals surface area contributed by atoms with E-state index >= 15 is 0 Å². The summed E-state index contributed by atoms with van der Waals surface area (Å²) in [4.78, 5) is 25.4. The van der Waals surface area contributed by atoms with Crippen LogP contribution in [0.1, 0.15) is 33.2 Å². The molecule has 0 atom stereocenters. The molecule has 0 bridgehead atoms. The van der Waals surface area contributed by atoms with Crippen molar-refractivity contribution in [1.29, 1.82) is 0 Å². The van der Waals surface area contributed by atoms with Gasteiger partial charge < -0.3 is 9.26 Å². The van der Waals surface area contributed by atoms with E-state index in [1.807, 2.05) is 30.3 Å². The van der Waals surface area contributed by atoms with Gasteiger partial charge in [-0.3, -0.25) is 9.10 Å². The van der Waals surface area contributed by atoms with Crippen molar-refractivity contribution < 1.29 is 27.3 Å². The first-order valence-corrected chi connectivity index (χ1v) is 12.8. The van der Waals surface area contributed by atoms with Gasteiger partial charge in [-0.1, -0.05) is 35.5 Å². The summed E-state index contributed by atoms with van der Waals surface area (Å²) in [6.45, 7) is 1.53. The minimum atomic E-state index is -3.36. The van der Waals surface area contributed by atoms with Crippen LogP contribution in [0, 0.1) is 0 Å². The van der Waals surface area contributed by atoms with E-state index in [2.05, 4.69) is 5.16 Å². The predicted molar refractivity (Wildman–Crippen MR) is 131 cm³/mol. The second-order valence-corrected chi connectivity index (χ2v) is 10.4. The summed E-state index contributed by atoms with van der Waals surface area (Å²) < 4.78 is 36.6. The van der Waals surface area contributed by atoms with Gasteiger partial charge in [0.1, 0.15) is 5.52 Å². The lowest BCUT2D eigenvalue weighted by molar-refractivity contribution is 0.0475. The number of hydrogen-bond acceptors (Lipinski definition) is 7. The summed E-state index contributed by atoms with van der Waals surface area (Å²) in [7, 11) is -3.36. The van der Waals surface area contributed by atoms with Crippen molar-refractivity contribution in [2.75, 3.05) is 23.2 Å². The van der Waals surface area contributed by atoms with Crippen molar-refractivity contribution in [2.24, 2.45) is 0 Å². The molecular weight excluding hydrogens is 468 g/mol. The largest absolute Gasteiger partial charge is 0.454 e. The van der Waals surface area contributed by atoms with E-state index in [0.29, 0.717) is 40.9 Å². The van der Waals surface area contributed by atoms with Crippen LogP contribution in [0.25, 0.3) is 22.2 Å². The summed E-state index contributed by atoms with van der Waals surface area (Å²) in [5.74, 6) is -0.448. The maximum absolute atomic E-state index is 12.7. The fourth-order valence-corrected chi connectivity index (χ4v) is 5.31. The summed E-state index contributed by atoms with van der Waals surface area (Å²) in [6, 6.07) is 19.2. The van der Waals surface area contributed by atoms with Crippen LogP contribution < -0.4 is 4.31 Å². The van der Waals surface area contributed by atoms with E-state index in [9.17, 15) is 18.0 Å². The van der Waals surface area contributed by atoms with Crippen molar-refractivity contribution in [1.82, 2.24) is 5.16 Å². The molecular formula is C26H22N2O6S. The minimum Gasteiger partial charge on any atom is -0.454 e. The molecule has 1 aromatic heterocycles. The van der Waals surface area contributed by atoms with E-state index in [1.165, 1.54) is 4.31 Å². The number of ketones is 1. The fraction of sp³-hybridized carbons (Fsp3) is 0.192. The van der Waals surface area contributed by atoms with Crippen molar-refractivity contribution >= 4 is 38.4 Å². The summed E-state index contributed by atoms with van der Waals surface area (Å²) in [5.41, 5.74) is 3.46. The minimum absolute atomic E-state index is 0.0105. The van der Waals surface area contributed by atoms with Crippen LogP contribution in [0.5, 0.6) is 0 Å². The van der Waals surface area contributed by atoms with E-state index in [1.54, 1.807) is 43.3 Å². The van der Waals surface area contributed by atoms with Gasteiger partial charge in [0.05, 0.1) is 22.4 Å². The molecule has 0 fully saturated rings. The van der Waals surface area contributed by atoms with Crippen LogP contribution >= 0.6 is 0 Å². The Balaban J connectivity index is 1.30. The second kappa shape index (κ2) is 8.99. The SMILES string of the molecule is CCS(=O)(=O)N1CCc2cc(C(=O)COC(=O)c3ccc4noc(-c5ccccc5)c4c3)ccc21. The molecule has 8 nitrogen and oxygen atoms in total. The van der Waals surface area contributed by atoms with Gasteiger partial charge in [-0.2, -0.15) is 0 Å². The number of ether oxygens (including phenoxy) is 1. The van der Waals surface area contributed by atoms with E-state index in [0.717, 1.165) is 11.1 Å². The third kappa shape index (κ3) is 4.30. The van der Waals surface area contributed by atoms with Gasteiger partial charge in [-0.05, 0) is 55.3 Å². The van der Waals surface area contributed by atoms with Crippen LogP contribution in [-0.2, 0) is 21.2 Å². The highest BCUT2D eigenvalue weighted by Crippen LogP contribution is 2.32. The summed E-state index contributed by atoms with van der Waals surface area (Å²) in [5, 5.41) is 4.71. The zero-order valence-corrected chi connectivity index (χ0v) is 19.7. The number of benzene rings is 3. The Morgan fingerprint density at radius 1 is 1.03 bits per heavy atom. The lowest BCUT2D eigenvalue weighted by atomic mass is 10.1. The van der Waals surface area contributed by atoms with Gasteiger partial charge >= 0.3 is 5.97 Å². The molecule has 0 unspecified atom stereocenters. The van der Waals surface area contributed by atoms with Gasteiger partial charge in [0.15, 0.2) is 18.2 Å². The van der Waals surface area contributed by atoms with Crippen LogP contribution in [0.15, 0.2) is 71.3 Å². The third-order valence-electron chi connectivity index (χ3n) is 6.04. The smallest absolute Gasteiger partial charge is 0.338 e. The topological polar surface area (TPSA) is 107 Å². The van der Waals surface area contributed by atoms with E-state index in [4.69, 9.17) is 9.26 Å². The third-order valence-corrected chi connectivity index (χ3v) is 7.82. The molecule has 0 saturated heterocycles. The average molecular weight is 491 g/mol. The Morgan fingerprint density at radius 3 is 2.57 bits per heavy atom. The molecule has 1 aliphatic heterocycles. The number of aromatic nitrogens is 1. The Morgan fingerprint density at radius 2 is 1.80 bits per heavy atom. The van der Waals surface area contributed by atoms with Gasteiger partial charge in [-0.15, -0.1) is 0 Å². The van der Waals surface area contributed by atoms with Crippen LogP contribution in [-0.4, -0.2) is 44.2 Å². The Bertz CT molecular complexity index is 1540. The maximum atomic E-state index is 12.7. The zero-order valence-electron chi connectivity index (χ0n) is 18.9. The number of anilines is 1. The molecule has 0 aliphatic carbocycles. The molecule has 35 heavy (non-hydrogen) atoms. The van der Waals surface area contributed by atoms with Gasteiger partial charge in [0.2, 0.25) is 10.0 Å². The molecule has 9 heteroatoms. The number of sulfonamides is 1. The molecule has 0 radical (unpaired) electrons. The highest BCUT2D eigenvalue weighted by atomic mass is 32.2. The molecule has 0 spiro atoms. The molecule has 3 aromatic carbocycles. The number of rotatable bonds is 7.